The zero-order valence-corrected chi connectivity index (χ0v) is 20.0. The molecule has 2 amide bonds. The van der Waals surface area contributed by atoms with Gasteiger partial charge in [-0.25, -0.2) is 4.79 Å². The van der Waals surface area contributed by atoms with E-state index in [0.29, 0.717) is 36.2 Å². The van der Waals surface area contributed by atoms with E-state index in [1.807, 2.05) is 55.1 Å². The van der Waals surface area contributed by atoms with Crippen LogP contribution >= 0.6 is 12.2 Å². The second-order valence-corrected chi connectivity index (χ2v) is 8.21. The van der Waals surface area contributed by atoms with E-state index in [-0.39, 0.29) is 12.1 Å². The number of urea groups is 1. The first kappa shape index (κ1) is 23.7. The molecule has 0 bridgehead atoms. The average Bonchev–Trinajstić information content (AvgIpc) is 2.79. The van der Waals surface area contributed by atoms with Gasteiger partial charge in [0.25, 0.3) is 0 Å². The smallest absolute Gasteiger partial charge is 0.317 e. The number of aryl methyl sites for hydroxylation is 1. The molecule has 3 rings (SSSR count). The zero-order chi connectivity index (χ0) is 23.1. The molecule has 2 aromatic rings. The van der Waals surface area contributed by atoms with Gasteiger partial charge in [-0.15, -0.1) is 0 Å². The molecule has 32 heavy (non-hydrogen) atoms. The number of carbonyl (C=O) groups excluding carboxylic acids is 1. The van der Waals surface area contributed by atoms with Crippen LogP contribution in [0, 0.1) is 6.92 Å². The highest BCUT2D eigenvalue weighted by Crippen LogP contribution is 2.38. The number of fused-ring (bicyclic) bond motifs is 1. The second kappa shape index (κ2) is 11.0. The van der Waals surface area contributed by atoms with Crippen molar-refractivity contribution in [1.82, 2.24) is 15.5 Å². The Balaban J connectivity index is 1.82. The number of hydrogen-bond acceptors (Lipinski definition) is 4. The van der Waals surface area contributed by atoms with Gasteiger partial charge in [0, 0.05) is 25.3 Å². The Kier molecular flexibility index (Phi) is 8.16. The molecular formula is C24H32N4O3S. The van der Waals surface area contributed by atoms with E-state index in [2.05, 4.69) is 16.0 Å². The van der Waals surface area contributed by atoms with Gasteiger partial charge < -0.3 is 30.3 Å². The van der Waals surface area contributed by atoms with E-state index >= 15 is 0 Å². The SMILES string of the molecule is CCCNC(=O)N1CCc2cc(OC)c(OC)cc2[C@H]1CNC(=S)Nc1cccc(C)c1. The fourth-order valence-electron chi connectivity index (χ4n) is 3.91. The molecule has 8 heteroatoms. The standard InChI is InChI=1S/C24H32N4O3S/c1-5-10-25-24(29)28-11-9-17-13-21(30-3)22(31-4)14-19(17)20(28)15-26-23(32)27-18-8-6-7-16(2)12-18/h6-8,12-14,20H,5,9-11,15H2,1-4H3,(H,25,29)(H2,26,27,32)/t20-/m1/s1. The molecule has 1 aliphatic heterocycles. The Bertz CT molecular complexity index is 966. The number of amides is 2. The summed E-state index contributed by atoms with van der Waals surface area (Å²) in [5.74, 6) is 1.34. The summed E-state index contributed by atoms with van der Waals surface area (Å²) in [6, 6.07) is 11.7. The van der Waals surface area contributed by atoms with Gasteiger partial charge in [0.1, 0.15) is 0 Å². The maximum absolute atomic E-state index is 12.9. The molecule has 0 saturated carbocycles. The van der Waals surface area contributed by atoms with Crippen molar-refractivity contribution in [2.24, 2.45) is 0 Å². The minimum absolute atomic E-state index is 0.0725. The third-order valence-electron chi connectivity index (χ3n) is 5.52. The van der Waals surface area contributed by atoms with Gasteiger partial charge in [0.05, 0.1) is 20.3 Å². The van der Waals surface area contributed by atoms with E-state index in [4.69, 9.17) is 21.7 Å². The van der Waals surface area contributed by atoms with Crippen LogP contribution in [-0.2, 0) is 6.42 Å². The van der Waals surface area contributed by atoms with Gasteiger partial charge in [0.15, 0.2) is 16.6 Å². The Labute approximate surface area is 195 Å². The van der Waals surface area contributed by atoms with Crippen molar-refractivity contribution in [3.8, 4) is 11.5 Å². The number of benzene rings is 2. The summed E-state index contributed by atoms with van der Waals surface area (Å²) in [7, 11) is 3.25. The molecule has 1 aliphatic rings. The molecule has 0 unspecified atom stereocenters. The van der Waals surface area contributed by atoms with Crippen molar-refractivity contribution >= 4 is 29.0 Å². The first-order valence-corrected chi connectivity index (χ1v) is 11.3. The fraction of sp³-hybridized carbons (Fsp3) is 0.417. The van der Waals surface area contributed by atoms with Crippen LogP contribution in [0.5, 0.6) is 11.5 Å². The molecule has 0 spiro atoms. The topological polar surface area (TPSA) is 74.9 Å². The summed E-state index contributed by atoms with van der Waals surface area (Å²) < 4.78 is 11.0. The Morgan fingerprint density at radius 2 is 1.91 bits per heavy atom. The van der Waals surface area contributed by atoms with E-state index in [9.17, 15) is 4.79 Å². The van der Waals surface area contributed by atoms with E-state index in [1.165, 1.54) is 0 Å². The van der Waals surface area contributed by atoms with Crippen molar-refractivity contribution in [3.63, 3.8) is 0 Å². The zero-order valence-electron chi connectivity index (χ0n) is 19.2. The molecule has 172 valence electrons. The van der Waals surface area contributed by atoms with Crippen LogP contribution in [0.1, 0.15) is 36.1 Å². The normalized spacial score (nSPS) is 14.9. The maximum Gasteiger partial charge on any atom is 0.317 e. The van der Waals surface area contributed by atoms with Gasteiger partial charge >= 0.3 is 6.03 Å². The number of thiocarbonyl (C=S) groups is 1. The Morgan fingerprint density at radius 1 is 1.16 bits per heavy atom. The minimum Gasteiger partial charge on any atom is -0.493 e. The van der Waals surface area contributed by atoms with Gasteiger partial charge in [-0.1, -0.05) is 19.1 Å². The first-order chi connectivity index (χ1) is 15.5. The predicted octanol–water partition coefficient (Wildman–Crippen LogP) is 4.02. The molecule has 2 aromatic carbocycles. The number of nitrogens with one attached hydrogen (secondary N) is 3. The van der Waals surface area contributed by atoms with Crippen LogP contribution < -0.4 is 25.4 Å². The van der Waals surface area contributed by atoms with Crippen molar-refractivity contribution in [2.45, 2.75) is 32.7 Å². The molecular weight excluding hydrogens is 424 g/mol. The third-order valence-corrected chi connectivity index (χ3v) is 5.77. The quantitative estimate of drug-likeness (QED) is 0.547. The van der Waals surface area contributed by atoms with E-state index in [0.717, 1.165) is 35.2 Å². The van der Waals surface area contributed by atoms with Crippen LogP contribution in [-0.4, -0.2) is 49.9 Å². The van der Waals surface area contributed by atoms with E-state index < -0.39 is 0 Å². The monoisotopic (exact) mass is 456 g/mol. The molecule has 7 nitrogen and oxygen atoms in total. The first-order valence-electron chi connectivity index (χ1n) is 10.9. The van der Waals surface area contributed by atoms with Crippen LogP contribution in [0.25, 0.3) is 0 Å². The van der Waals surface area contributed by atoms with Gasteiger partial charge in [0.2, 0.25) is 0 Å². The lowest BCUT2D eigenvalue weighted by Crippen LogP contribution is -2.49. The van der Waals surface area contributed by atoms with Crippen LogP contribution in [0.2, 0.25) is 0 Å². The number of nitrogens with zero attached hydrogens (tertiary/aromatic N) is 1. The number of ether oxygens (including phenoxy) is 2. The molecule has 0 aromatic heterocycles. The van der Waals surface area contributed by atoms with Crippen molar-refractivity contribution in [1.29, 1.82) is 0 Å². The van der Waals surface area contributed by atoms with Gasteiger partial charge in [-0.2, -0.15) is 0 Å². The van der Waals surface area contributed by atoms with Crippen molar-refractivity contribution in [2.75, 3.05) is 39.2 Å². The van der Waals surface area contributed by atoms with Crippen LogP contribution in [0.15, 0.2) is 36.4 Å². The minimum atomic E-state index is -0.201. The lowest BCUT2D eigenvalue weighted by molar-refractivity contribution is 0.169. The highest BCUT2D eigenvalue weighted by atomic mass is 32.1. The molecule has 0 radical (unpaired) electrons. The lowest BCUT2D eigenvalue weighted by atomic mass is 9.92. The van der Waals surface area contributed by atoms with Crippen LogP contribution in [0.4, 0.5) is 10.5 Å². The summed E-state index contributed by atoms with van der Waals surface area (Å²) in [4.78, 5) is 14.8. The average molecular weight is 457 g/mol. The number of rotatable bonds is 7. The molecule has 0 fully saturated rings. The lowest BCUT2D eigenvalue weighted by Gasteiger charge is -2.38. The predicted molar refractivity (Wildman–Crippen MR) is 132 cm³/mol. The number of anilines is 1. The van der Waals surface area contributed by atoms with E-state index in [1.54, 1.807) is 14.2 Å². The molecule has 1 heterocycles. The number of carbonyl (C=O) groups is 1. The van der Waals surface area contributed by atoms with Crippen molar-refractivity contribution in [3.05, 3.63) is 53.1 Å². The van der Waals surface area contributed by atoms with Gasteiger partial charge in [-0.3, -0.25) is 0 Å². The maximum atomic E-state index is 12.9. The summed E-state index contributed by atoms with van der Waals surface area (Å²) >= 11 is 5.52. The molecule has 3 N–H and O–H groups in total. The van der Waals surface area contributed by atoms with Crippen LogP contribution in [0.3, 0.4) is 0 Å². The largest absolute Gasteiger partial charge is 0.493 e. The summed E-state index contributed by atoms with van der Waals surface area (Å²) in [5.41, 5.74) is 4.26. The molecule has 1 atom stereocenters. The fourth-order valence-corrected chi connectivity index (χ4v) is 4.11. The highest BCUT2D eigenvalue weighted by molar-refractivity contribution is 7.80. The molecule has 0 aliphatic carbocycles. The van der Waals surface area contributed by atoms with Crippen molar-refractivity contribution < 1.29 is 14.3 Å². The van der Waals surface area contributed by atoms with Gasteiger partial charge in [-0.05, 0) is 72.9 Å². The summed E-state index contributed by atoms with van der Waals surface area (Å²) in [6.07, 6.45) is 1.63. The summed E-state index contributed by atoms with van der Waals surface area (Å²) in [6.45, 7) is 5.80. The second-order valence-electron chi connectivity index (χ2n) is 7.80. The Morgan fingerprint density at radius 3 is 2.59 bits per heavy atom. The number of methoxy groups -OCH3 is 2. The molecule has 0 saturated heterocycles. The third kappa shape index (κ3) is 5.62. The highest BCUT2D eigenvalue weighted by Gasteiger charge is 2.32. The number of hydrogen-bond donors (Lipinski definition) is 3. The summed E-state index contributed by atoms with van der Waals surface area (Å²) in [5, 5.41) is 10.0. The Hall–Kier alpha value is -3.00.